The van der Waals surface area contributed by atoms with Gasteiger partial charge in [-0.1, -0.05) is 72.3 Å². The molecule has 4 rings (SSSR count). The monoisotopic (exact) mass is 394 g/mol. The maximum atomic E-state index is 13.2. The van der Waals surface area contributed by atoms with E-state index in [9.17, 15) is 4.79 Å². The second kappa shape index (κ2) is 7.55. The molecule has 0 aliphatic carbocycles. The van der Waals surface area contributed by atoms with Gasteiger partial charge in [0.05, 0.1) is 28.4 Å². The lowest BCUT2D eigenvalue weighted by molar-refractivity contribution is 0.707. The first-order valence-corrected chi connectivity index (χ1v) is 9.47. The molecule has 0 saturated carbocycles. The van der Waals surface area contributed by atoms with Crippen molar-refractivity contribution in [1.82, 2.24) is 9.55 Å². The summed E-state index contributed by atoms with van der Waals surface area (Å²) in [5.41, 5.74) is 3.58. The van der Waals surface area contributed by atoms with Crippen molar-refractivity contribution in [1.29, 1.82) is 0 Å². The Morgan fingerprint density at radius 2 is 1.63 bits per heavy atom. The van der Waals surface area contributed by atoms with Gasteiger partial charge < -0.3 is 0 Å². The Morgan fingerprint density at radius 3 is 2.41 bits per heavy atom. The van der Waals surface area contributed by atoms with E-state index in [1.165, 1.54) is 0 Å². The van der Waals surface area contributed by atoms with Crippen LogP contribution in [0.15, 0.2) is 77.6 Å². The summed E-state index contributed by atoms with van der Waals surface area (Å²) in [4.78, 5) is 17.7. The van der Waals surface area contributed by atoms with E-state index in [0.29, 0.717) is 28.3 Å². The molecule has 0 saturated heterocycles. The summed E-state index contributed by atoms with van der Waals surface area (Å²) in [6, 6.07) is 23.4. The Balaban J connectivity index is 1.90. The van der Waals surface area contributed by atoms with Crippen molar-refractivity contribution in [2.45, 2.75) is 12.4 Å². The molecule has 3 nitrogen and oxygen atoms in total. The van der Waals surface area contributed by atoms with Gasteiger partial charge in [-0.3, -0.25) is 9.36 Å². The van der Waals surface area contributed by atoms with E-state index >= 15 is 0 Å². The van der Waals surface area contributed by atoms with Crippen LogP contribution < -0.4 is 5.56 Å². The average Bonchev–Trinajstić information content (AvgIpc) is 2.71. The molecule has 5 heteroatoms. The van der Waals surface area contributed by atoms with Crippen LogP contribution in [0.3, 0.4) is 0 Å². The van der Waals surface area contributed by atoms with Gasteiger partial charge >= 0.3 is 0 Å². The summed E-state index contributed by atoms with van der Waals surface area (Å²) in [5.74, 6) is 0.671. The van der Waals surface area contributed by atoms with E-state index in [2.05, 4.69) is 23.2 Å². The first-order valence-electron chi connectivity index (χ1n) is 8.56. The van der Waals surface area contributed by atoms with Crippen molar-refractivity contribution in [3.8, 4) is 11.1 Å². The summed E-state index contributed by atoms with van der Waals surface area (Å²) in [6.45, 7) is 0.375. The number of rotatable bonds is 4. The molecule has 0 unspecified atom stereocenters. The van der Waals surface area contributed by atoms with Crippen molar-refractivity contribution in [2.75, 3.05) is 0 Å². The zero-order valence-electron chi connectivity index (χ0n) is 14.4. The molecule has 0 amide bonds. The quantitative estimate of drug-likeness (QED) is 0.428. The molecule has 134 valence electrons. The molecule has 27 heavy (non-hydrogen) atoms. The normalized spacial score (nSPS) is 11.0. The second-order valence-electron chi connectivity index (χ2n) is 6.21. The van der Waals surface area contributed by atoms with Crippen LogP contribution in [0.1, 0.15) is 11.4 Å². The molecular weight excluding hydrogens is 379 g/mol. The van der Waals surface area contributed by atoms with Crippen molar-refractivity contribution in [3.05, 3.63) is 99.6 Å². The minimum absolute atomic E-state index is 0.144. The van der Waals surface area contributed by atoms with E-state index in [0.717, 1.165) is 16.7 Å². The molecule has 1 heterocycles. The minimum Gasteiger partial charge on any atom is -0.291 e. The topological polar surface area (TPSA) is 34.9 Å². The Kier molecular flexibility index (Phi) is 4.97. The van der Waals surface area contributed by atoms with Gasteiger partial charge in [0.25, 0.3) is 5.56 Å². The van der Waals surface area contributed by atoms with E-state index in [-0.39, 0.29) is 11.4 Å². The Bertz CT molecular complexity index is 1170. The molecule has 1 aromatic heterocycles. The van der Waals surface area contributed by atoms with E-state index in [1.54, 1.807) is 22.8 Å². The van der Waals surface area contributed by atoms with Gasteiger partial charge in [-0.15, -0.1) is 11.6 Å². The number of benzene rings is 3. The predicted octanol–water partition coefficient (Wildman–Crippen LogP) is 5.50. The fourth-order valence-electron chi connectivity index (χ4n) is 3.26. The van der Waals surface area contributed by atoms with Gasteiger partial charge in [0.15, 0.2) is 0 Å². The highest BCUT2D eigenvalue weighted by atomic mass is 35.5. The second-order valence-corrected chi connectivity index (χ2v) is 6.88. The Hall–Kier alpha value is -2.62. The first-order chi connectivity index (χ1) is 13.2. The standard InChI is InChI=1S/C22H16Cl2N2O/c23-13-20-25-19-12-6-11-18(24)21(19)22(27)26(20)14-16-9-4-5-10-17(16)15-7-2-1-3-8-15/h1-12H,13-14H2. The van der Waals surface area contributed by atoms with Gasteiger partial charge in [0, 0.05) is 0 Å². The highest BCUT2D eigenvalue weighted by Crippen LogP contribution is 2.25. The number of alkyl halides is 1. The van der Waals surface area contributed by atoms with Gasteiger partial charge in [0.2, 0.25) is 0 Å². The van der Waals surface area contributed by atoms with Gasteiger partial charge in [-0.25, -0.2) is 4.98 Å². The maximum absolute atomic E-state index is 13.2. The Morgan fingerprint density at radius 1 is 0.889 bits per heavy atom. The molecule has 0 aliphatic heterocycles. The van der Waals surface area contributed by atoms with Gasteiger partial charge in [0.1, 0.15) is 5.82 Å². The van der Waals surface area contributed by atoms with Crippen molar-refractivity contribution in [2.24, 2.45) is 0 Å². The lowest BCUT2D eigenvalue weighted by atomic mass is 9.99. The lowest BCUT2D eigenvalue weighted by Crippen LogP contribution is -2.26. The van der Waals surface area contributed by atoms with Crippen LogP contribution in [0, 0.1) is 0 Å². The third-order valence-electron chi connectivity index (χ3n) is 4.56. The SMILES string of the molecule is O=c1c2c(Cl)cccc2nc(CCl)n1Cc1ccccc1-c1ccccc1. The molecule has 0 atom stereocenters. The smallest absolute Gasteiger partial charge is 0.263 e. The molecule has 0 bridgehead atoms. The summed E-state index contributed by atoms with van der Waals surface area (Å²) >= 11 is 12.4. The van der Waals surface area contributed by atoms with Crippen LogP contribution in [0.4, 0.5) is 0 Å². The zero-order valence-corrected chi connectivity index (χ0v) is 15.9. The van der Waals surface area contributed by atoms with E-state index in [4.69, 9.17) is 23.2 Å². The van der Waals surface area contributed by atoms with Gasteiger partial charge in [-0.05, 0) is 28.8 Å². The van der Waals surface area contributed by atoms with Crippen LogP contribution in [0.25, 0.3) is 22.0 Å². The van der Waals surface area contributed by atoms with E-state index < -0.39 is 0 Å². The fraction of sp³-hybridized carbons (Fsp3) is 0.0909. The average molecular weight is 395 g/mol. The molecule has 0 radical (unpaired) electrons. The molecule has 0 fully saturated rings. The molecule has 4 aromatic rings. The van der Waals surface area contributed by atoms with Crippen molar-refractivity contribution >= 4 is 34.1 Å². The van der Waals surface area contributed by atoms with Crippen LogP contribution in [0.5, 0.6) is 0 Å². The van der Waals surface area contributed by atoms with Gasteiger partial charge in [-0.2, -0.15) is 0 Å². The molecule has 3 aromatic carbocycles. The van der Waals surface area contributed by atoms with E-state index in [1.807, 2.05) is 36.4 Å². The van der Waals surface area contributed by atoms with Crippen LogP contribution in [-0.2, 0) is 12.4 Å². The summed E-state index contributed by atoms with van der Waals surface area (Å²) in [5, 5.41) is 0.821. The lowest BCUT2D eigenvalue weighted by Gasteiger charge is -2.15. The highest BCUT2D eigenvalue weighted by molar-refractivity contribution is 6.35. The van der Waals surface area contributed by atoms with Crippen molar-refractivity contribution < 1.29 is 0 Å². The summed E-state index contributed by atoms with van der Waals surface area (Å²) in [6.07, 6.45) is 0. The maximum Gasteiger partial charge on any atom is 0.263 e. The summed E-state index contributed by atoms with van der Waals surface area (Å²) < 4.78 is 1.61. The van der Waals surface area contributed by atoms with Crippen LogP contribution >= 0.6 is 23.2 Å². The number of halogens is 2. The number of aromatic nitrogens is 2. The third-order valence-corrected chi connectivity index (χ3v) is 5.12. The number of fused-ring (bicyclic) bond motifs is 1. The highest BCUT2D eigenvalue weighted by Gasteiger charge is 2.14. The fourth-order valence-corrected chi connectivity index (χ4v) is 3.72. The van der Waals surface area contributed by atoms with Crippen LogP contribution in [0.2, 0.25) is 5.02 Å². The Labute approximate surface area is 166 Å². The molecule has 0 spiro atoms. The van der Waals surface area contributed by atoms with Crippen LogP contribution in [-0.4, -0.2) is 9.55 Å². The number of hydrogen-bond acceptors (Lipinski definition) is 2. The molecule has 0 aliphatic rings. The van der Waals surface area contributed by atoms with Crippen molar-refractivity contribution in [3.63, 3.8) is 0 Å². The zero-order chi connectivity index (χ0) is 18.8. The first kappa shape index (κ1) is 17.8. The molecular formula is C22H16Cl2N2O. The predicted molar refractivity (Wildman–Crippen MR) is 112 cm³/mol. The number of nitrogens with zero attached hydrogens (tertiary/aromatic N) is 2. The minimum atomic E-state index is -0.177. The molecule has 0 N–H and O–H groups in total. The number of hydrogen-bond donors (Lipinski definition) is 0. The third kappa shape index (κ3) is 3.36. The summed E-state index contributed by atoms with van der Waals surface area (Å²) in [7, 11) is 0. The largest absolute Gasteiger partial charge is 0.291 e.